The summed E-state index contributed by atoms with van der Waals surface area (Å²) in [6.07, 6.45) is 2.12. The zero-order chi connectivity index (χ0) is 31.7. The standard InChI is InChI=1S/C27H44N7O7P/c1-16(2)22(34-24(37)20(31-17(3)35)7-4-5-13-28)25(38)33-21(8-6-14-30-26(29)39)23(36)32-19-11-9-18(10-12-19)15-41-27(40)42/h9-12,16,20-22H,4-8,13-15,28,42H2,1-3H3,(H,31,35)(H,32,36)(H,33,38)(H,34,37)(H3,29,30,39)/t20-,21-,22-/m0/s1. The van der Waals surface area contributed by atoms with Gasteiger partial charge in [0.05, 0.1) is 0 Å². The first-order valence-corrected chi connectivity index (χ1v) is 14.3. The molecule has 6 amide bonds. The molecule has 9 N–H and O–H groups in total. The van der Waals surface area contributed by atoms with Gasteiger partial charge in [-0.15, -0.1) is 0 Å². The molecule has 0 bridgehead atoms. The summed E-state index contributed by atoms with van der Waals surface area (Å²) in [5.41, 5.74) is 11.3. The Labute approximate surface area is 248 Å². The summed E-state index contributed by atoms with van der Waals surface area (Å²) in [6.45, 7) is 5.49. The normalized spacial score (nSPS) is 12.8. The predicted octanol–water partition coefficient (Wildman–Crippen LogP) is 0.845. The molecule has 0 fully saturated rings. The van der Waals surface area contributed by atoms with Crippen LogP contribution in [0.5, 0.6) is 0 Å². The maximum atomic E-state index is 13.4. The van der Waals surface area contributed by atoms with Crippen LogP contribution in [-0.4, -0.2) is 66.6 Å². The zero-order valence-corrected chi connectivity index (χ0v) is 25.5. The Morgan fingerprint density at radius 2 is 1.48 bits per heavy atom. The molecular weight excluding hydrogens is 565 g/mol. The number of benzene rings is 1. The number of primary amides is 1. The van der Waals surface area contributed by atoms with Crippen molar-refractivity contribution in [2.24, 2.45) is 17.4 Å². The first-order valence-electron chi connectivity index (χ1n) is 13.8. The number of anilines is 1. The molecule has 0 radical (unpaired) electrons. The highest BCUT2D eigenvalue weighted by atomic mass is 31.0. The molecule has 1 aromatic carbocycles. The number of carbonyl (C=O) groups excluding carboxylic acids is 6. The number of hydrogen-bond donors (Lipinski definition) is 7. The van der Waals surface area contributed by atoms with Crippen molar-refractivity contribution < 1.29 is 33.5 Å². The maximum Gasteiger partial charge on any atom is 0.320 e. The van der Waals surface area contributed by atoms with E-state index in [1.165, 1.54) is 6.92 Å². The second-order valence-corrected chi connectivity index (χ2v) is 10.5. The van der Waals surface area contributed by atoms with E-state index in [-0.39, 0.29) is 31.4 Å². The van der Waals surface area contributed by atoms with Crippen LogP contribution in [0.3, 0.4) is 0 Å². The van der Waals surface area contributed by atoms with Gasteiger partial charge < -0.3 is 42.8 Å². The van der Waals surface area contributed by atoms with Gasteiger partial charge >= 0.3 is 11.7 Å². The van der Waals surface area contributed by atoms with Crippen molar-refractivity contribution in [2.75, 3.05) is 18.4 Å². The third-order valence-corrected chi connectivity index (χ3v) is 6.26. The monoisotopic (exact) mass is 609 g/mol. The van der Waals surface area contributed by atoms with Gasteiger partial charge in [0.15, 0.2) is 0 Å². The number of urea groups is 1. The Morgan fingerprint density at radius 3 is 2.02 bits per heavy atom. The van der Waals surface area contributed by atoms with Crippen molar-refractivity contribution in [1.29, 1.82) is 0 Å². The van der Waals surface area contributed by atoms with Gasteiger partial charge in [0, 0.05) is 19.2 Å². The molecule has 0 saturated carbocycles. The average Bonchev–Trinajstić information content (AvgIpc) is 2.91. The van der Waals surface area contributed by atoms with Crippen LogP contribution in [0.1, 0.15) is 58.4 Å². The van der Waals surface area contributed by atoms with Crippen LogP contribution >= 0.6 is 9.24 Å². The summed E-state index contributed by atoms with van der Waals surface area (Å²) < 4.78 is 4.92. The first kappa shape index (κ1) is 36.3. The first-order chi connectivity index (χ1) is 19.8. The predicted molar refractivity (Wildman–Crippen MR) is 161 cm³/mol. The average molecular weight is 610 g/mol. The number of unbranched alkanes of at least 4 members (excludes halogenated alkanes) is 1. The van der Waals surface area contributed by atoms with E-state index in [2.05, 4.69) is 26.6 Å². The molecular formula is C27H44N7O7P. The largest absolute Gasteiger partial charge is 0.458 e. The number of ether oxygens (including phenoxy) is 1. The number of nitrogens with one attached hydrogen (secondary N) is 5. The fraction of sp³-hybridized carbons (Fsp3) is 0.556. The maximum absolute atomic E-state index is 13.4. The van der Waals surface area contributed by atoms with E-state index in [1.807, 2.05) is 9.24 Å². The third kappa shape index (κ3) is 14.7. The van der Waals surface area contributed by atoms with Crippen molar-refractivity contribution in [3.05, 3.63) is 29.8 Å². The summed E-state index contributed by atoms with van der Waals surface area (Å²) in [5.74, 6) is -2.35. The van der Waals surface area contributed by atoms with Crippen LogP contribution in [-0.2, 0) is 30.5 Å². The molecule has 1 unspecified atom stereocenters. The van der Waals surface area contributed by atoms with Crippen LogP contribution in [0.2, 0.25) is 0 Å². The van der Waals surface area contributed by atoms with Gasteiger partial charge in [0.1, 0.15) is 24.7 Å². The molecule has 4 atom stereocenters. The number of rotatable bonds is 18. The van der Waals surface area contributed by atoms with E-state index in [1.54, 1.807) is 38.1 Å². The fourth-order valence-electron chi connectivity index (χ4n) is 3.91. The smallest absolute Gasteiger partial charge is 0.320 e. The Kier molecular flexibility index (Phi) is 16.7. The molecule has 234 valence electrons. The molecule has 42 heavy (non-hydrogen) atoms. The lowest BCUT2D eigenvalue weighted by Gasteiger charge is -2.27. The van der Waals surface area contributed by atoms with Crippen LogP contribution in [0.15, 0.2) is 24.3 Å². The van der Waals surface area contributed by atoms with Gasteiger partial charge in [-0.1, -0.05) is 26.0 Å². The third-order valence-electron chi connectivity index (χ3n) is 6.09. The minimum Gasteiger partial charge on any atom is -0.458 e. The zero-order valence-electron chi connectivity index (χ0n) is 24.4. The lowest BCUT2D eigenvalue weighted by Crippen LogP contribution is -2.57. The SMILES string of the molecule is CC(=O)N[C@@H](CCCCN)C(=O)N[C@H](C(=O)N[C@@H](CCCNC(N)=O)C(=O)Nc1ccc(COC(=O)P)cc1)C(C)C. The summed E-state index contributed by atoms with van der Waals surface area (Å²) in [4.78, 5) is 73.3. The second kappa shape index (κ2) is 19.4. The number of nitrogens with two attached hydrogens (primary N) is 2. The summed E-state index contributed by atoms with van der Waals surface area (Å²) in [5, 5.41) is 13.2. The van der Waals surface area contributed by atoms with Crippen molar-refractivity contribution in [1.82, 2.24) is 21.3 Å². The van der Waals surface area contributed by atoms with E-state index in [9.17, 15) is 28.8 Å². The summed E-state index contributed by atoms with van der Waals surface area (Å²) >= 11 is 0. The highest BCUT2D eigenvalue weighted by Gasteiger charge is 2.31. The molecule has 0 spiro atoms. The van der Waals surface area contributed by atoms with Crippen LogP contribution in [0.25, 0.3) is 0 Å². The Morgan fingerprint density at radius 1 is 0.857 bits per heavy atom. The van der Waals surface area contributed by atoms with Gasteiger partial charge in [-0.3, -0.25) is 19.2 Å². The minimum absolute atomic E-state index is 0.0697. The highest BCUT2D eigenvalue weighted by molar-refractivity contribution is 7.39. The van der Waals surface area contributed by atoms with Gasteiger partial charge in [-0.25, -0.2) is 9.59 Å². The molecule has 14 nitrogen and oxygen atoms in total. The molecule has 1 rings (SSSR count). The van der Waals surface area contributed by atoms with Gasteiger partial charge in [0.25, 0.3) is 0 Å². The van der Waals surface area contributed by atoms with Crippen molar-refractivity contribution >= 4 is 50.3 Å². The quantitative estimate of drug-likeness (QED) is 0.0931. The molecule has 15 heteroatoms. The van der Waals surface area contributed by atoms with Crippen molar-refractivity contribution in [3.8, 4) is 0 Å². The molecule has 0 aliphatic carbocycles. The molecule has 0 saturated heterocycles. The highest BCUT2D eigenvalue weighted by Crippen LogP contribution is 2.13. The molecule has 0 aliphatic heterocycles. The Hall–Kier alpha value is -3.77. The lowest BCUT2D eigenvalue weighted by molar-refractivity contribution is -0.133. The summed E-state index contributed by atoms with van der Waals surface area (Å²) in [7, 11) is 1.92. The van der Waals surface area contributed by atoms with E-state index < -0.39 is 47.6 Å². The van der Waals surface area contributed by atoms with Gasteiger partial charge in [-0.05, 0) is 71.5 Å². The summed E-state index contributed by atoms with van der Waals surface area (Å²) in [6, 6.07) is 3.04. The van der Waals surface area contributed by atoms with Crippen LogP contribution < -0.4 is 38.1 Å². The second-order valence-electron chi connectivity index (χ2n) is 10.1. The fourth-order valence-corrected chi connectivity index (χ4v) is 4.00. The van der Waals surface area contributed by atoms with Crippen LogP contribution in [0, 0.1) is 5.92 Å². The topological polar surface area (TPSA) is 224 Å². The van der Waals surface area contributed by atoms with Gasteiger partial charge in [0.2, 0.25) is 23.6 Å². The van der Waals surface area contributed by atoms with E-state index in [4.69, 9.17) is 16.2 Å². The lowest BCUT2D eigenvalue weighted by atomic mass is 10.0. The molecule has 0 heterocycles. The number of carbonyl (C=O) groups is 6. The van der Waals surface area contributed by atoms with E-state index in [0.717, 1.165) is 0 Å². The van der Waals surface area contributed by atoms with Crippen molar-refractivity contribution in [3.63, 3.8) is 0 Å². The number of hydrogen-bond acceptors (Lipinski definition) is 8. The molecule has 1 aromatic rings. The number of amides is 6. The molecule has 0 aliphatic rings. The van der Waals surface area contributed by atoms with Gasteiger partial charge in [-0.2, -0.15) is 0 Å². The Bertz CT molecular complexity index is 1070. The van der Waals surface area contributed by atoms with E-state index >= 15 is 0 Å². The molecule has 0 aromatic heterocycles. The Balaban J connectivity index is 3.01. The van der Waals surface area contributed by atoms with Crippen LogP contribution in [0.4, 0.5) is 15.3 Å². The minimum atomic E-state index is -1.02. The van der Waals surface area contributed by atoms with Crippen molar-refractivity contribution in [2.45, 2.75) is 77.6 Å². The van der Waals surface area contributed by atoms with E-state index in [0.29, 0.717) is 43.5 Å².